The smallest absolute Gasteiger partial charge is 0.322 e. The number of likely N-dealkylation sites (N-methyl/N-ethyl adjacent to an activating group) is 1. The molecule has 18 heavy (non-hydrogen) atoms. The largest absolute Gasteiger partial charge is 0.489 e. The van der Waals surface area contributed by atoms with Gasteiger partial charge in [-0.15, -0.1) is 0 Å². The molecule has 0 aromatic heterocycles. The van der Waals surface area contributed by atoms with E-state index >= 15 is 0 Å². The highest BCUT2D eigenvalue weighted by Crippen LogP contribution is 2.24. The number of rotatable bonds is 7. The average molecular weight is 252 g/mol. The lowest BCUT2D eigenvalue weighted by atomic mass is 10.2. The fraction of sp³-hybridized carbons (Fsp3) is 0.462. The number of anilines is 1. The van der Waals surface area contributed by atoms with E-state index in [0.717, 1.165) is 11.4 Å². The zero-order valence-corrected chi connectivity index (χ0v) is 10.9. The lowest BCUT2D eigenvalue weighted by Gasteiger charge is -2.17. The van der Waals surface area contributed by atoms with E-state index < -0.39 is 12.0 Å². The molecule has 1 aromatic rings. The van der Waals surface area contributed by atoms with Crippen molar-refractivity contribution >= 4 is 11.7 Å². The van der Waals surface area contributed by atoms with Crippen LogP contribution in [0.25, 0.3) is 0 Å². The van der Waals surface area contributed by atoms with Crippen LogP contribution in [0.2, 0.25) is 0 Å². The molecule has 1 atom stereocenters. The molecule has 0 spiro atoms. The predicted molar refractivity (Wildman–Crippen MR) is 71.2 cm³/mol. The van der Waals surface area contributed by atoms with Gasteiger partial charge in [0.2, 0.25) is 0 Å². The number of hydrogen-bond acceptors (Lipinski definition) is 4. The van der Waals surface area contributed by atoms with Crippen LogP contribution in [-0.2, 0) is 4.79 Å². The second-order valence-corrected chi connectivity index (χ2v) is 4.22. The quantitative estimate of drug-likeness (QED) is 0.687. The summed E-state index contributed by atoms with van der Waals surface area (Å²) in [6.45, 7) is 4.19. The Bertz CT molecular complexity index is 394. The summed E-state index contributed by atoms with van der Waals surface area (Å²) in [5.41, 5.74) is 0.799. The van der Waals surface area contributed by atoms with Gasteiger partial charge in [-0.3, -0.25) is 4.79 Å². The fourth-order valence-electron chi connectivity index (χ4n) is 1.49. The first-order valence-corrected chi connectivity index (χ1v) is 5.94. The molecule has 0 radical (unpaired) electrons. The van der Waals surface area contributed by atoms with Gasteiger partial charge >= 0.3 is 5.97 Å². The Balaban J connectivity index is 2.69. The summed E-state index contributed by atoms with van der Waals surface area (Å²) >= 11 is 0. The van der Waals surface area contributed by atoms with Crippen LogP contribution in [0.15, 0.2) is 24.3 Å². The summed E-state index contributed by atoms with van der Waals surface area (Å²) in [5.74, 6) is -0.153. The maximum atomic E-state index is 10.9. The minimum absolute atomic E-state index is 0.0764. The van der Waals surface area contributed by atoms with Crippen LogP contribution in [0, 0.1) is 0 Å². The number of hydrogen-bond donors (Lipinski definition) is 3. The average Bonchev–Trinajstić information content (AvgIpc) is 2.30. The van der Waals surface area contributed by atoms with E-state index in [2.05, 4.69) is 10.6 Å². The number of carboxylic acid groups (broad SMARTS) is 1. The van der Waals surface area contributed by atoms with Crippen LogP contribution in [0.3, 0.4) is 0 Å². The summed E-state index contributed by atoms with van der Waals surface area (Å²) in [6, 6.07) is 6.86. The van der Waals surface area contributed by atoms with Crippen molar-refractivity contribution in [2.75, 3.05) is 18.9 Å². The number of benzene rings is 1. The lowest BCUT2D eigenvalue weighted by molar-refractivity contribution is -0.138. The monoisotopic (exact) mass is 252 g/mol. The molecule has 0 aliphatic rings. The van der Waals surface area contributed by atoms with Crippen molar-refractivity contribution in [3.8, 4) is 5.75 Å². The Kier molecular flexibility index (Phi) is 5.45. The third kappa shape index (κ3) is 4.25. The molecule has 0 aliphatic carbocycles. The first kappa shape index (κ1) is 14.3. The highest BCUT2D eigenvalue weighted by molar-refractivity contribution is 5.74. The normalized spacial score (nSPS) is 12.2. The standard InChI is InChI=1S/C13H20N2O3/c1-9(2)18-12-7-5-4-6-10(12)15-8-11(14-3)13(16)17/h4-7,9,11,14-15H,8H2,1-3H3,(H,16,17). The Morgan fingerprint density at radius 1 is 1.39 bits per heavy atom. The molecule has 100 valence electrons. The third-order valence-corrected chi connectivity index (χ3v) is 2.39. The number of carbonyl (C=O) groups is 1. The van der Waals surface area contributed by atoms with Crippen LogP contribution in [0.4, 0.5) is 5.69 Å². The highest BCUT2D eigenvalue weighted by Gasteiger charge is 2.15. The molecule has 1 unspecified atom stereocenters. The maximum Gasteiger partial charge on any atom is 0.322 e. The van der Waals surface area contributed by atoms with Gasteiger partial charge in [-0.25, -0.2) is 0 Å². The molecule has 1 rings (SSSR count). The molecule has 3 N–H and O–H groups in total. The van der Waals surface area contributed by atoms with Gasteiger partial charge in [0, 0.05) is 6.54 Å². The molecular weight excluding hydrogens is 232 g/mol. The molecule has 5 heteroatoms. The van der Waals surface area contributed by atoms with E-state index in [1.54, 1.807) is 7.05 Å². The zero-order valence-electron chi connectivity index (χ0n) is 10.9. The van der Waals surface area contributed by atoms with Crippen molar-refractivity contribution in [2.24, 2.45) is 0 Å². The van der Waals surface area contributed by atoms with Crippen LogP contribution < -0.4 is 15.4 Å². The molecular formula is C13H20N2O3. The van der Waals surface area contributed by atoms with Crippen molar-refractivity contribution in [3.63, 3.8) is 0 Å². The lowest BCUT2D eigenvalue weighted by Crippen LogP contribution is -2.39. The molecule has 5 nitrogen and oxygen atoms in total. The molecule has 0 aliphatic heterocycles. The second kappa shape index (κ2) is 6.86. The highest BCUT2D eigenvalue weighted by atomic mass is 16.5. The van der Waals surface area contributed by atoms with Crippen molar-refractivity contribution in [3.05, 3.63) is 24.3 Å². The van der Waals surface area contributed by atoms with E-state index in [1.807, 2.05) is 38.1 Å². The van der Waals surface area contributed by atoms with Gasteiger partial charge in [-0.2, -0.15) is 0 Å². The third-order valence-electron chi connectivity index (χ3n) is 2.39. The predicted octanol–water partition coefficient (Wildman–Crippen LogP) is 1.56. The summed E-state index contributed by atoms with van der Waals surface area (Å²) in [4.78, 5) is 10.9. The summed E-state index contributed by atoms with van der Waals surface area (Å²) in [7, 11) is 1.62. The number of aliphatic carboxylic acids is 1. The van der Waals surface area contributed by atoms with Crippen molar-refractivity contribution in [2.45, 2.75) is 26.0 Å². The van der Waals surface area contributed by atoms with E-state index in [0.29, 0.717) is 6.54 Å². The number of para-hydroxylation sites is 2. The Morgan fingerprint density at radius 2 is 2.06 bits per heavy atom. The minimum atomic E-state index is -0.882. The summed E-state index contributed by atoms with van der Waals surface area (Å²) in [5, 5.41) is 14.7. The number of carboxylic acids is 1. The summed E-state index contributed by atoms with van der Waals surface area (Å²) < 4.78 is 5.64. The van der Waals surface area contributed by atoms with E-state index in [9.17, 15) is 4.79 Å². The maximum absolute atomic E-state index is 10.9. The van der Waals surface area contributed by atoms with Crippen molar-refractivity contribution in [1.82, 2.24) is 5.32 Å². The van der Waals surface area contributed by atoms with Gasteiger partial charge in [0.15, 0.2) is 0 Å². The van der Waals surface area contributed by atoms with Crippen LogP contribution in [-0.4, -0.2) is 36.8 Å². The van der Waals surface area contributed by atoms with Crippen molar-refractivity contribution < 1.29 is 14.6 Å². The van der Waals surface area contributed by atoms with Gasteiger partial charge in [-0.1, -0.05) is 12.1 Å². The molecule has 0 heterocycles. The molecule has 0 fully saturated rings. The molecule has 0 saturated heterocycles. The van der Waals surface area contributed by atoms with E-state index in [4.69, 9.17) is 9.84 Å². The first-order chi connectivity index (χ1) is 8.54. The van der Waals surface area contributed by atoms with Gasteiger partial charge in [0.1, 0.15) is 11.8 Å². The van der Waals surface area contributed by atoms with Gasteiger partial charge in [-0.05, 0) is 33.0 Å². The molecule has 0 amide bonds. The Labute approximate surface area is 107 Å². The SMILES string of the molecule is CNC(CNc1ccccc1OC(C)C)C(=O)O. The number of ether oxygens (including phenoxy) is 1. The Hall–Kier alpha value is -1.75. The topological polar surface area (TPSA) is 70.6 Å². The molecule has 0 saturated carbocycles. The Morgan fingerprint density at radius 3 is 2.61 bits per heavy atom. The van der Waals surface area contributed by atoms with E-state index in [-0.39, 0.29) is 6.10 Å². The number of nitrogens with one attached hydrogen (secondary N) is 2. The van der Waals surface area contributed by atoms with Gasteiger partial charge in [0.25, 0.3) is 0 Å². The fourth-order valence-corrected chi connectivity index (χ4v) is 1.49. The van der Waals surface area contributed by atoms with Crippen LogP contribution in [0.5, 0.6) is 5.75 Å². The van der Waals surface area contributed by atoms with Crippen molar-refractivity contribution in [1.29, 1.82) is 0 Å². The first-order valence-electron chi connectivity index (χ1n) is 5.94. The molecule has 0 bridgehead atoms. The van der Waals surface area contributed by atoms with E-state index in [1.165, 1.54) is 0 Å². The van der Waals surface area contributed by atoms with Crippen LogP contribution in [0.1, 0.15) is 13.8 Å². The van der Waals surface area contributed by atoms with Gasteiger partial charge < -0.3 is 20.5 Å². The van der Waals surface area contributed by atoms with Gasteiger partial charge in [0.05, 0.1) is 11.8 Å². The minimum Gasteiger partial charge on any atom is -0.489 e. The second-order valence-electron chi connectivity index (χ2n) is 4.22. The zero-order chi connectivity index (χ0) is 13.5. The van der Waals surface area contributed by atoms with Crippen LogP contribution >= 0.6 is 0 Å². The molecule has 1 aromatic carbocycles. The summed E-state index contributed by atoms with van der Waals surface area (Å²) in [6.07, 6.45) is 0.0764.